The van der Waals surface area contributed by atoms with Gasteiger partial charge in [0.1, 0.15) is 0 Å². The fourth-order valence-corrected chi connectivity index (χ4v) is 3.31. The third kappa shape index (κ3) is 2.93. The molecule has 0 radical (unpaired) electrons. The number of aromatic amines is 1. The van der Waals surface area contributed by atoms with Crippen LogP contribution in [0.5, 0.6) is 0 Å². The Morgan fingerprint density at radius 1 is 1.50 bits per heavy atom. The summed E-state index contributed by atoms with van der Waals surface area (Å²) in [6.45, 7) is 3.71. The van der Waals surface area contributed by atoms with Gasteiger partial charge in [-0.3, -0.25) is 0 Å². The first kappa shape index (κ1) is 13.6. The largest absolute Gasteiger partial charge is 0.363 e. The number of nitrogens with zero attached hydrogens (tertiary/aromatic N) is 1. The van der Waals surface area contributed by atoms with Crippen LogP contribution in [0.4, 0.5) is 0 Å². The zero-order chi connectivity index (χ0) is 13.2. The molecule has 0 unspecified atom stereocenters. The van der Waals surface area contributed by atoms with Gasteiger partial charge in [0.2, 0.25) is 10.0 Å². The van der Waals surface area contributed by atoms with Gasteiger partial charge in [-0.05, 0) is 31.9 Å². The smallest absolute Gasteiger partial charge is 0.244 e. The summed E-state index contributed by atoms with van der Waals surface area (Å²) in [6, 6.07) is 1.92. The standard InChI is InChI=1S/C12H21N3O2S/c1-3-6-13-8-10-7-12(9-14-10)18(16,17)15(2)11-4-5-11/h7,9,11,13-14H,3-6,8H2,1-2H3. The lowest BCUT2D eigenvalue weighted by molar-refractivity contribution is 0.464. The van der Waals surface area contributed by atoms with Crippen LogP contribution < -0.4 is 5.32 Å². The fourth-order valence-electron chi connectivity index (χ4n) is 1.87. The first-order chi connectivity index (χ1) is 8.55. The van der Waals surface area contributed by atoms with E-state index < -0.39 is 10.0 Å². The Morgan fingerprint density at radius 3 is 2.83 bits per heavy atom. The molecule has 1 aliphatic carbocycles. The average Bonchev–Trinajstić information content (AvgIpc) is 3.07. The molecule has 102 valence electrons. The third-order valence-electron chi connectivity index (χ3n) is 3.20. The Kier molecular flexibility index (Phi) is 4.09. The normalized spacial score (nSPS) is 16.4. The zero-order valence-corrected chi connectivity index (χ0v) is 11.8. The van der Waals surface area contributed by atoms with Gasteiger partial charge in [0.05, 0.1) is 4.90 Å². The quantitative estimate of drug-likeness (QED) is 0.735. The molecule has 0 amide bonds. The predicted molar refractivity (Wildman–Crippen MR) is 70.8 cm³/mol. The number of hydrogen-bond donors (Lipinski definition) is 2. The summed E-state index contributed by atoms with van der Waals surface area (Å²) in [4.78, 5) is 3.38. The van der Waals surface area contributed by atoms with Crippen LogP contribution in [-0.4, -0.2) is 37.3 Å². The van der Waals surface area contributed by atoms with Gasteiger partial charge < -0.3 is 10.3 Å². The summed E-state index contributed by atoms with van der Waals surface area (Å²) in [6.07, 6.45) is 4.60. The summed E-state index contributed by atoms with van der Waals surface area (Å²) >= 11 is 0. The number of H-pyrrole nitrogens is 1. The van der Waals surface area contributed by atoms with Crippen molar-refractivity contribution in [2.75, 3.05) is 13.6 Å². The van der Waals surface area contributed by atoms with E-state index in [9.17, 15) is 8.42 Å². The second kappa shape index (κ2) is 5.42. The minimum Gasteiger partial charge on any atom is -0.363 e. The van der Waals surface area contributed by atoms with Crippen LogP contribution in [0.1, 0.15) is 31.9 Å². The molecule has 2 N–H and O–H groups in total. The summed E-state index contributed by atoms with van der Waals surface area (Å²) in [5.74, 6) is 0. The Bertz CT molecular complexity index is 491. The molecule has 1 aromatic heterocycles. The summed E-state index contributed by atoms with van der Waals surface area (Å²) in [7, 11) is -1.65. The number of rotatable bonds is 7. The molecule has 0 atom stereocenters. The number of aromatic nitrogens is 1. The van der Waals surface area contributed by atoms with Crippen LogP contribution >= 0.6 is 0 Å². The first-order valence-corrected chi connectivity index (χ1v) is 7.85. The summed E-state index contributed by atoms with van der Waals surface area (Å²) < 4.78 is 26.0. The van der Waals surface area contributed by atoms with Crippen molar-refractivity contribution < 1.29 is 8.42 Å². The SMILES string of the molecule is CCCNCc1cc(S(=O)(=O)N(C)C2CC2)c[nH]1. The minimum atomic E-state index is -3.31. The van der Waals surface area contributed by atoms with Crippen molar-refractivity contribution in [1.29, 1.82) is 0 Å². The Hall–Kier alpha value is -0.850. The lowest BCUT2D eigenvalue weighted by Crippen LogP contribution is -2.28. The number of nitrogens with one attached hydrogen (secondary N) is 2. The van der Waals surface area contributed by atoms with E-state index in [1.165, 1.54) is 4.31 Å². The zero-order valence-electron chi connectivity index (χ0n) is 10.9. The molecule has 6 heteroatoms. The van der Waals surface area contributed by atoms with E-state index in [-0.39, 0.29) is 6.04 Å². The molecule has 18 heavy (non-hydrogen) atoms. The topological polar surface area (TPSA) is 65.2 Å². The van der Waals surface area contributed by atoms with Gasteiger partial charge in [-0.25, -0.2) is 8.42 Å². The number of sulfonamides is 1. The highest BCUT2D eigenvalue weighted by atomic mass is 32.2. The minimum absolute atomic E-state index is 0.201. The monoisotopic (exact) mass is 271 g/mol. The molecule has 0 aromatic carbocycles. The van der Waals surface area contributed by atoms with E-state index >= 15 is 0 Å². The maximum atomic E-state index is 12.2. The average molecular weight is 271 g/mol. The van der Waals surface area contributed by atoms with E-state index in [0.717, 1.165) is 31.5 Å². The van der Waals surface area contributed by atoms with Crippen molar-refractivity contribution in [2.45, 2.75) is 43.7 Å². The predicted octanol–water partition coefficient (Wildman–Crippen LogP) is 1.30. The van der Waals surface area contributed by atoms with Crippen molar-refractivity contribution in [1.82, 2.24) is 14.6 Å². The summed E-state index contributed by atoms with van der Waals surface area (Å²) in [5.41, 5.74) is 0.909. The van der Waals surface area contributed by atoms with Gasteiger partial charge in [-0.15, -0.1) is 0 Å². The molecule has 1 heterocycles. The van der Waals surface area contributed by atoms with Crippen LogP contribution in [0.25, 0.3) is 0 Å². The fraction of sp³-hybridized carbons (Fsp3) is 0.667. The highest BCUT2D eigenvalue weighted by molar-refractivity contribution is 7.89. The van der Waals surface area contributed by atoms with Crippen molar-refractivity contribution in [2.24, 2.45) is 0 Å². The van der Waals surface area contributed by atoms with Crippen LogP contribution in [0.3, 0.4) is 0 Å². The lowest BCUT2D eigenvalue weighted by Gasteiger charge is -2.14. The van der Waals surface area contributed by atoms with Gasteiger partial charge in [0.15, 0.2) is 0 Å². The van der Waals surface area contributed by atoms with E-state index in [1.54, 1.807) is 19.3 Å². The molecule has 0 saturated heterocycles. The second-order valence-electron chi connectivity index (χ2n) is 4.79. The van der Waals surface area contributed by atoms with Crippen LogP contribution in [0.15, 0.2) is 17.2 Å². The molecule has 0 bridgehead atoms. The van der Waals surface area contributed by atoms with Crippen LogP contribution in [0.2, 0.25) is 0 Å². The lowest BCUT2D eigenvalue weighted by atomic mass is 10.4. The van der Waals surface area contributed by atoms with E-state index in [1.807, 2.05) is 0 Å². The Morgan fingerprint density at radius 2 is 2.22 bits per heavy atom. The molecule has 0 spiro atoms. The molecule has 5 nitrogen and oxygen atoms in total. The molecule has 1 saturated carbocycles. The molecule has 1 fully saturated rings. The molecule has 2 rings (SSSR count). The van der Waals surface area contributed by atoms with Crippen molar-refractivity contribution in [3.8, 4) is 0 Å². The number of hydrogen-bond acceptors (Lipinski definition) is 3. The maximum absolute atomic E-state index is 12.2. The van der Waals surface area contributed by atoms with Gasteiger partial charge in [0.25, 0.3) is 0 Å². The molecule has 1 aromatic rings. The van der Waals surface area contributed by atoms with Gasteiger partial charge >= 0.3 is 0 Å². The van der Waals surface area contributed by atoms with Crippen molar-refractivity contribution in [3.05, 3.63) is 18.0 Å². The first-order valence-electron chi connectivity index (χ1n) is 6.41. The second-order valence-corrected chi connectivity index (χ2v) is 6.79. The Balaban J connectivity index is 2.04. The van der Waals surface area contributed by atoms with Gasteiger partial charge in [0, 0.05) is 31.5 Å². The molecule has 1 aliphatic rings. The van der Waals surface area contributed by atoms with E-state index in [4.69, 9.17) is 0 Å². The highest BCUT2D eigenvalue weighted by Gasteiger charge is 2.35. The van der Waals surface area contributed by atoms with Crippen molar-refractivity contribution in [3.63, 3.8) is 0 Å². The van der Waals surface area contributed by atoms with Gasteiger partial charge in [-0.2, -0.15) is 4.31 Å². The molecular formula is C12H21N3O2S. The maximum Gasteiger partial charge on any atom is 0.244 e. The third-order valence-corrected chi connectivity index (χ3v) is 5.08. The van der Waals surface area contributed by atoms with Crippen LogP contribution in [-0.2, 0) is 16.6 Å². The molecular weight excluding hydrogens is 250 g/mol. The Labute approximate surface area is 109 Å². The van der Waals surface area contributed by atoms with E-state index in [0.29, 0.717) is 11.4 Å². The van der Waals surface area contributed by atoms with Crippen molar-refractivity contribution >= 4 is 10.0 Å². The van der Waals surface area contributed by atoms with Gasteiger partial charge in [-0.1, -0.05) is 6.92 Å². The van der Waals surface area contributed by atoms with Crippen LogP contribution in [0, 0.1) is 0 Å². The highest BCUT2D eigenvalue weighted by Crippen LogP contribution is 2.30. The summed E-state index contributed by atoms with van der Waals surface area (Å²) in [5, 5.41) is 3.24. The molecule has 0 aliphatic heterocycles. The van der Waals surface area contributed by atoms with E-state index in [2.05, 4.69) is 17.2 Å².